The van der Waals surface area contributed by atoms with Crippen molar-refractivity contribution in [1.82, 2.24) is 0 Å². The molecule has 0 bridgehead atoms. The highest BCUT2D eigenvalue weighted by atomic mass is 35.5. The Labute approximate surface area is 217 Å². The number of halogens is 1. The average molecular weight is 495 g/mol. The van der Waals surface area contributed by atoms with Gasteiger partial charge in [0.25, 0.3) is 0 Å². The van der Waals surface area contributed by atoms with Gasteiger partial charge in [0.1, 0.15) is 5.92 Å². The van der Waals surface area contributed by atoms with Crippen LogP contribution in [-0.4, -0.2) is 13.1 Å². The minimum atomic E-state index is -0.894. The van der Waals surface area contributed by atoms with E-state index in [4.69, 9.17) is 16.3 Å². The van der Waals surface area contributed by atoms with Crippen LogP contribution in [0.5, 0.6) is 0 Å². The van der Waals surface area contributed by atoms with Crippen molar-refractivity contribution in [1.29, 1.82) is 10.5 Å². The molecule has 0 saturated carbocycles. The van der Waals surface area contributed by atoms with Crippen molar-refractivity contribution in [3.8, 4) is 12.1 Å². The minimum Gasteiger partial charge on any atom is -0.469 e. The van der Waals surface area contributed by atoms with Crippen LogP contribution in [0.2, 0.25) is 5.02 Å². The van der Waals surface area contributed by atoms with Crippen molar-refractivity contribution in [2.75, 3.05) is 7.11 Å². The number of hydrogen-bond acceptors (Lipinski definition) is 4. The Morgan fingerprint density at radius 2 is 1.67 bits per heavy atom. The van der Waals surface area contributed by atoms with Crippen LogP contribution in [0.4, 0.5) is 0 Å². The van der Waals surface area contributed by atoms with Crippen LogP contribution in [0.25, 0.3) is 5.57 Å². The standard InChI is InChI=1S/C31H27ClN2O2/c1-36-29(35)18-28-26(21-9-4-2-5-10-21)15-16-27(23-13-8-14-25(32)17-23)31(28)30(24(19-33)20-34)22-11-6-3-7-12-22/h2-15,17,24,27-28,30-31H,16,18H2,1H3/t27-,28-,30+,31-/m0/s1. The van der Waals surface area contributed by atoms with Gasteiger partial charge < -0.3 is 4.74 Å². The summed E-state index contributed by atoms with van der Waals surface area (Å²) < 4.78 is 5.13. The highest BCUT2D eigenvalue weighted by Gasteiger charge is 2.45. The Hall–Kier alpha value is -3.86. The summed E-state index contributed by atoms with van der Waals surface area (Å²) in [6, 6.07) is 31.9. The van der Waals surface area contributed by atoms with Crippen molar-refractivity contribution in [2.45, 2.75) is 24.7 Å². The van der Waals surface area contributed by atoms with Crippen molar-refractivity contribution < 1.29 is 9.53 Å². The highest BCUT2D eigenvalue weighted by molar-refractivity contribution is 6.30. The van der Waals surface area contributed by atoms with E-state index in [0.717, 1.165) is 22.3 Å². The molecule has 0 N–H and O–H groups in total. The van der Waals surface area contributed by atoms with E-state index >= 15 is 0 Å². The third-order valence-corrected chi connectivity index (χ3v) is 7.39. The molecule has 0 aromatic heterocycles. The normalized spacial score (nSPS) is 20.0. The molecule has 0 amide bonds. The number of rotatable bonds is 7. The van der Waals surface area contributed by atoms with Crippen LogP contribution in [-0.2, 0) is 9.53 Å². The first-order chi connectivity index (χ1) is 17.6. The van der Waals surface area contributed by atoms with E-state index < -0.39 is 11.8 Å². The molecule has 4 atom stereocenters. The maximum absolute atomic E-state index is 12.8. The number of hydrogen-bond donors (Lipinski definition) is 0. The number of nitriles is 2. The summed E-state index contributed by atoms with van der Waals surface area (Å²) >= 11 is 6.40. The number of allylic oxidation sites excluding steroid dienone is 2. The van der Waals surface area contributed by atoms with Gasteiger partial charge in [0.15, 0.2) is 0 Å². The molecule has 180 valence electrons. The van der Waals surface area contributed by atoms with Crippen molar-refractivity contribution in [3.63, 3.8) is 0 Å². The van der Waals surface area contributed by atoms with Crippen molar-refractivity contribution in [3.05, 3.63) is 113 Å². The van der Waals surface area contributed by atoms with Crippen LogP contribution in [0.1, 0.15) is 41.4 Å². The first-order valence-corrected chi connectivity index (χ1v) is 12.4. The second kappa shape index (κ2) is 11.7. The lowest BCUT2D eigenvalue weighted by atomic mass is 9.59. The number of carbonyl (C=O) groups is 1. The molecular formula is C31H27ClN2O2. The molecule has 1 aliphatic carbocycles. The van der Waals surface area contributed by atoms with Crippen molar-refractivity contribution >= 4 is 23.1 Å². The molecule has 36 heavy (non-hydrogen) atoms. The summed E-state index contributed by atoms with van der Waals surface area (Å²) in [6.45, 7) is 0. The summed E-state index contributed by atoms with van der Waals surface area (Å²) in [5.74, 6) is -2.20. The average Bonchev–Trinajstić information content (AvgIpc) is 2.92. The van der Waals surface area contributed by atoms with E-state index in [-0.39, 0.29) is 30.1 Å². The molecule has 4 rings (SSSR count). The number of benzene rings is 3. The summed E-state index contributed by atoms with van der Waals surface area (Å²) in [4.78, 5) is 12.8. The molecule has 1 aliphatic rings. The minimum absolute atomic E-state index is 0.0553. The summed E-state index contributed by atoms with van der Waals surface area (Å²) in [5, 5.41) is 20.8. The quantitative estimate of drug-likeness (QED) is 0.327. The van der Waals surface area contributed by atoms with E-state index in [1.54, 1.807) is 0 Å². The van der Waals surface area contributed by atoms with Gasteiger partial charge in [0.05, 0.1) is 25.7 Å². The zero-order chi connectivity index (χ0) is 25.5. The molecule has 0 spiro atoms. The van der Waals surface area contributed by atoms with Gasteiger partial charge in [-0.15, -0.1) is 0 Å². The number of nitrogens with zero attached hydrogens (tertiary/aromatic N) is 2. The third-order valence-electron chi connectivity index (χ3n) is 7.16. The molecule has 4 nitrogen and oxygen atoms in total. The molecule has 0 heterocycles. The van der Waals surface area contributed by atoms with Gasteiger partial charge in [-0.1, -0.05) is 90.5 Å². The third kappa shape index (κ3) is 5.35. The van der Waals surface area contributed by atoms with Crippen LogP contribution < -0.4 is 0 Å². The zero-order valence-corrected chi connectivity index (χ0v) is 20.8. The summed E-state index contributed by atoms with van der Waals surface area (Å²) in [6.07, 6.45) is 3.03. The van der Waals surface area contributed by atoms with E-state index in [1.165, 1.54) is 7.11 Å². The summed E-state index contributed by atoms with van der Waals surface area (Å²) in [7, 11) is 1.39. The predicted molar refractivity (Wildman–Crippen MR) is 141 cm³/mol. The monoisotopic (exact) mass is 494 g/mol. The topological polar surface area (TPSA) is 73.9 Å². The van der Waals surface area contributed by atoms with Crippen LogP contribution in [0.3, 0.4) is 0 Å². The fraction of sp³-hybridized carbons (Fsp3) is 0.258. The first kappa shape index (κ1) is 25.2. The van der Waals surface area contributed by atoms with Crippen molar-refractivity contribution in [2.24, 2.45) is 17.8 Å². The predicted octanol–water partition coefficient (Wildman–Crippen LogP) is 7.15. The highest BCUT2D eigenvalue weighted by Crippen LogP contribution is 2.54. The Kier molecular flexibility index (Phi) is 8.21. The maximum Gasteiger partial charge on any atom is 0.306 e. The first-order valence-electron chi connectivity index (χ1n) is 12.0. The molecule has 0 saturated heterocycles. The molecule has 0 radical (unpaired) electrons. The van der Waals surface area contributed by atoms with Gasteiger partial charge in [0, 0.05) is 10.9 Å². The Morgan fingerprint density at radius 3 is 2.28 bits per heavy atom. The number of ether oxygens (including phenoxy) is 1. The van der Waals surface area contributed by atoms with Gasteiger partial charge in [0.2, 0.25) is 0 Å². The van der Waals surface area contributed by atoms with Crippen LogP contribution in [0, 0.1) is 40.4 Å². The fourth-order valence-electron chi connectivity index (χ4n) is 5.62. The maximum atomic E-state index is 12.8. The molecule has 3 aromatic rings. The Balaban J connectivity index is 1.96. The number of methoxy groups -OCH3 is 1. The van der Waals surface area contributed by atoms with Crippen LogP contribution in [0.15, 0.2) is 91.0 Å². The van der Waals surface area contributed by atoms with Gasteiger partial charge in [-0.2, -0.15) is 10.5 Å². The zero-order valence-electron chi connectivity index (χ0n) is 20.1. The number of esters is 1. The molecule has 5 heteroatoms. The summed E-state index contributed by atoms with van der Waals surface area (Å²) in [5.41, 5.74) is 4.01. The lowest BCUT2D eigenvalue weighted by Gasteiger charge is -2.44. The molecule has 0 fully saturated rings. The van der Waals surface area contributed by atoms with E-state index in [9.17, 15) is 15.3 Å². The van der Waals surface area contributed by atoms with Gasteiger partial charge in [-0.3, -0.25) is 4.79 Å². The lowest BCUT2D eigenvalue weighted by molar-refractivity contribution is -0.141. The SMILES string of the molecule is COC(=O)C[C@H]1C(c2ccccc2)=CC[C@@H](c2cccc(Cl)c2)[C@@H]1[C@H](c1ccccc1)C(C#N)C#N. The molecular weight excluding hydrogens is 468 g/mol. The second-order valence-electron chi connectivity index (χ2n) is 9.06. The Bertz CT molecular complexity index is 1290. The van der Waals surface area contributed by atoms with Gasteiger partial charge in [-0.05, 0) is 58.6 Å². The van der Waals surface area contributed by atoms with Gasteiger partial charge >= 0.3 is 5.97 Å². The Morgan fingerprint density at radius 1 is 1.00 bits per heavy atom. The smallest absolute Gasteiger partial charge is 0.306 e. The largest absolute Gasteiger partial charge is 0.469 e. The van der Waals surface area contributed by atoms with E-state index in [1.807, 2.05) is 84.9 Å². The van der Waals surface area contributed by atoms with Crippen LogP contribution >= 0.6 is 11.6 Å². The molecule has 0 aliphatic heterocycles. The fourth-order valence-corrected chi connectivity index (χ4v) is 5.82. The number of carbonyl (C=O) groups excluding carboxylic acids is 1. The van der Waals surface area contributed by atoms with E-state index in [2.05, 4.69) is 18.2 Å². The molecule has 3 aromatic carbocycles. The second-order valence-corrected chi connectivity index (χ2v) is 9.50. The molecule has 0 unspecified atom stereocenters. The lowest BCUT2D eigenvalue weighted by Crippen LogP contribution is -2.36. The van der Waals surface area contributed by atoms with E-state index in [0.29, 0.717) is 11.4 Å². The van der Waals surface area contributed by atoms with Gasteiger partial charge in [-0.25, -0.2) is 0 Å².